The number of hydrogen-bond acceptors (Lipinski definition) is 2. The molecule has 1 N–H and O–H groups in total. The summed E-state index contributed by atoms with van der Waals surface area (Å²) < 4.78 is 2.00. The normalized spacial score (nSPS) is 16.5. The maximum absolute atomic E-state index is 13.1. The van der Waals surface area contributed by atoms with Gasteiger partial charge in [0.05, 0.1) is 6.61 Å². The highest BCUT2D eigenvalue weighted by atomic mass is 16.3. The van der Waals surface area contributed by atoms with Gasteiger partial charge in [-0.15, -0.1) is 0 Å². The fraction of sp³-hybridized carbons (Fsp3) is 0.292. The first-order valence-electron chi connectivity index (χ1n) is 9.85. The van der Waals surface area contributed by atoms with Crippen LogP contribution in [-0.4, -0.2) is 33.6 Å². The van der Waals surface area contributed by atoms with E-state index in [9.17, 15) is 4.79 Å². The lowest BCUT2D eigenvalue weighted by Crippen LogP contribution is -2.30. The minimum absolute atomic E-state index is 0.0770. The summed E-state index contributed by atoms with van der Waals surface area (Å²) in [5, 5.41) is 9.17. The molecule has 0 aliphatic carbocycles. The molecule has 28 heavy (non-hydrogen) atoms. The second-order valence-corrected chi connectivity index (χ2v) is 7.61. The molecule has 2 heterocycles. The number of rotatable bonds is 5. The van der Waals surface area contributed by atoms with Crippen molar-refractivity contribution in [2.45, 2.75) is 19.4 Å². The molecule has 1 amide bonds. The summed E-state index contributed by atoms with van der Waals surface area (Å²) in [5.41, 5.74) is 5.12. The number of aromatic nitrogens is 1. The third-order valence-corrected chi connectivity index (χ3v) is 5.71. The van der Waals surface area contributed by atoms with Gasteiger partial charge in [0.25, 0.3) is 5.91 Å². The number of carbonyl (C=O) groups is 1. The van der Waals surface area contributed by atoms with Gasteiger partial charge < -0.3 is 14.6 Å². The summed E-state index contributed by atoms with van der Waals surface area (Å²) in [7, 11) is 1.96. The molecule has 2 aromatic carbocycles. The van der Waals surface area contributed by atoms with E-state index in [1.165, 1.54) is 5.56 Å². The van der Waals surface area contributed by atoms with Crippen LogP contribution in [0.15, 0.2) is 66.7 Å². The second kappa shape index (κ2) is 8.03. The first-order chi connectivity index (χ1) is 13.7. The van der Waals surface area contributed by atoms with Crippen molar-refractivity contribution in [2.24, 2.45) is 13.0 Å². The van der Waals surface area contributed by atoms with Crippen LogP contribution >= 0.6 is 0 Å². The molecule has 0 bridgehead atoms. The van der Waals surface area contributed by atoms with Gasteiger partial charge >= 0.3 is 0 Å². The van der Waals surface area contributed by atoms with Crippen LogP contribution < -0.4 is 0 Å². The Bertz CT molecular complexity index is 944. The molecule has 0 saturated carbocycles. The molecule has 0 unspecified atom stereocenters. The molecule has 1 aliphatic rings. The highest BCUT2D eigenvalue weighted by Gasteiger charge is 2.28. The summed E-state index contributed by atoms with van der Waals surface area (Å²) in [4.78, 5) is 15.1. The fourth-order valence-electron chi connectivity index (χ4n) is 4.08. The van der Waals surface area contributed by atoms with E-state index >= 15 is 0 Å². The molecule has 1 aliphatic heterocycles. The molecule has 3 aromatic rings. The van der Waals surface area contributed by atoms with Crippen LogP contribution in [0.5, 0.6) is 0 Å². The number of hydrogen-bond donors (Lipinski definition) is 1. The van der Waals surface area contributed by atoms with E-state index in [-0.39, 0.29) is 12.5 Å². The van der Waals surface area contributed by atoms with Crippen LogP contribution in [0, 0.1) is 5.92 Å². The zero-order valence-corrected chi connectivity index (χ0v) is 16.2. The first kappa shape index (κ1) is 18.5. The van der Waals surface area contributed by atoms with Gasteiger partial charge in [0, 0.05) is 25.8 Å². The summed E-state index contributed by atoms with van der Waals surface area (Å²) >= 11 is 0. The predicted molar refractivity (Wildman–Crippen MR) is 111 cm³/mol. The highest BCUT2D eigenvalue weighted by molar-refractivity contribution is 5.94. The Morgan fingerprint density at radius 2 is 1.71 bits per heavy atom. The van der Waals surface area contributed by atoms with Crippen LogP contribution in [0.3, 0.4) is 0 Å². The van der Waals surface area contributed by atoms with Gasteiger partial charge in [-0.2, -0.15) is 0 Å². The molecule has 1 aromatic heterocycles. The Morgan fingerprint density at radius 3 is 2.43 bits per heavy atom. The Balaban J connectivity index is 1.43. The van der Waals surface area contributed by atoms with E-state index in [2.05, 4.69) is 24.3 Å². The molecular formula is C24H26N2O2. The van der Waals surface area contributed by atoms with Crippen LogP contribution in [0.1, 0.15) is 28.0 Å². The van der Waals surface area contributed by atoms with E-state index in [0.29, 0.717) is 5.92 Å². The van der Waals surface area contributed by atoms with Crippen molar-refractivity contribution >= 4 is 5.91 Å². The first-order valence-corrected chi connectivity index (χ1v) is 9.85. The molecule has 1 saturated heterocycles. The van der Waals surface area contributed by atoms with Gasteiger partial charge in [-0.25, -0.2) is 0 Å². The van der Waals surface area contributed by atoms with E-state index in [1.807, 2.05) is 59.0 Å². The van der Waals surface area contributed by atoms with Gasteiger partial charge in [0.15, 0.2) is 0 Å². The number of nitrogens with zero attached hydrogens (tertiary/aromatic N) is 2. The smallest absolute Gasteiger partial charge is 0.270 e. The van der Waals surface area contributed by atoms with Gasteiger partial charge in [-0.3, -0.25) is 4.79 Å². The Labute approximate surface area is 166 Å². The Kier molecular flexibility index (Phi) is 5.31. The summed E-state index contributed by atoms with van der Waals surface area (Å²) in [6, 6.07) is 22.2. The molecule has 144 valence electrons. The highest BCUT2D eigenvalue weighted by Crippen LogP contribution is 2.26. The van der Waals surface area contributed by atoms with Crippen molar-refractivity contribution < 1.29 is 9.90 Å². The third-order valence-electron chi connectivity index (χ3n) is 5.71. The molecule has 0 spiro atoms. The van der Waals surface area contributed by atoms with Gasteiger partial charge in [0.1, 0.15) is 5.69 Å². The fourth-order valence-corrected chi connectivity index (χ4v) is 4.08. The summed E-state index contributed by atoms with van der Waals surface area (Å²) in [6.07, 6.45) is 2.00. The quantitative estimate of drug-likeness (QED) is 0.736. The van der Waals surface area contributed by atoms with E-state index in [0.717, 1.165) is 48.4 Å². The average Bonchev–Trinajstić information content (AvgIpc) is 3.35. The maximum Gasteiger partial charge on any atom is 0.270 e. The number of likely N-dealkylation sites (tertiary alicyclic amines) is 1. The maximum atomic E-state index is 13.1. The van der Waals surface area contributed by atoms with Crippen LogP contribution in [0.2, 0.25) is 0 Å². The molecule has 1 fully saturated rings. The van der Waals surface area contributed by atoms with Crippen molar-refractivity contribution in [3.63, 3.8) is 0 Å². The molecule has 1 atom stereocenters. The summed E-state index contributed by atoms with van der Waals surface area (Å²) in [6.45, 7) is 1.68. The van der Waals surface area contributed by atoms with Crippen molar-refractivity contribution in [2.75, 3.05) is 13.1 Å². The number of amides is 1. The minimum Gasteiger partial charge on any atom is -0.392 e. The number of carbonyl (C=O) groups excluding carboxylic acids is 1. The van der Waals surface area contributed by atoms with E-state index in [1.54, 1.807) is 0 Å². The zero-order valence-electron chi connectivity index (χ0n) is 16.2. The van der Waals surface area contributed by atoms with Crippen molar-refractivity contribution in [1.82, 2.24) is 9.47 Å². The van der Waals surface area contributed by atoms with Crippen LogP contribution in [-0.2, 0) is 20.1 Å². The standard InChI is InChI=1S/C24H26N2O2/c1-25-22(21-5-3-2-4-6-21)11-12-23(25)24(28)26-14-13-20(16-26)15-18-7-9-19(17-27)10-8-18/h2-12,20,27H,13-17H2,1H3/t20-/m0/s1. The average molecular weight is 374 g/mol. The summed E-state index contributed by atoms with van der Waals surface area (Å²) in [5.74, 6) is 0.598. The number of aliphatic hydroxyl groups excluding tert-OH is 1. The minimum atomic E-state index is 0.0770. The van der Waals surface area contributed by atoms with E-state index in [4.69, 9.17) is 5.11 Å². The second-order valence-electron chi connectivity index (χ2n) is 7.61. The van der Waals surface area contributed by atoms with Gasteiger partial charge in [0.2, 0.25) is 0 Å². The van der Waals surface area contributed by atoms with Gasteiger partial charge in [-0.05, 0) is 47.6 Å². The zero-order chi connectivity index (χ0) is 19.5. The third kappa shape index (κ3) is 3.73. The molecular weight excluding hydrogens is 348 g/mol. The van der Waals surface area contributed by atoms with Crippen LogP contribution in [0.25, 0.3) is 11.3 Å². The Morgan fingerprint density at radius 1 is 1.00 bits per heavy atom. The number of benzene rings is 2. The lowest BCUT2D eigenvalue weighted by Gasteiger charge is -2.18. The predicted octanol–water partition coefficient (Wildman–Crippen LogP) is 3.89. The molecule has 4 heteroatoms. The lowest BCUT2D eigenvalue weighted by molar-refractivity contribution is 0.0778. The Hall–Kier alpha value is -2.85. The SMILES string of the molecule is Cn1c(C(=O)N2CC[C@@H](Cc3ccc(CO)cc3)C2)ccc1-c1ccccc1. The number of aliphatic hydroxyl groups is 1. The monoisotopic (exact) mass is 374 g/mol. The van der Waals surface area contributed by atoms with Gasteiger partial charge in [-0.1, -0.05) is 54.6 Å². The molecule has 4 nitrogen and oxygen atoms in total. The van der Waals surface area contributed by atoms with Crippen molar-refractivity contribution in [1.29, 1.82) is 0 Å². The van der Waals surface area contributed by atoms with E-state index < -0.39 is 0 Å². The largest absolute Gasteiger partial charge is 0.392 e. The molecule has 4 rings (SSSR count). The van der Waals surface area contributed by atoms with Crippen molar-refractivity contribution in [3.05, 3.63) is 83.6 Å². The topological polar surface area (TPSA) is 45.5 Å². The van der Waals surface area contributed by atoms with Crippen molar-refractivity contribution in [3.8, 4) is 11.3 Å². The molecule has 0 radical (unpaired) electrons. The lowest BCUT2D eigenvalue weighted by atomic mass is 9.98. The van der Waals surface area contributed by atoms with Crippen LogP contribution in [0.4, 0.5) is 0 Å².